The number of rotatable bonds is 2. The summed E-state index contributed by atoms with van der Waals surface area (Å²) in [6.07, 6.45) is -1.92. The first kappa shape index (κ1) is 11.5. The Morgan fingerprint density at radius 2 is 2.12 bits per heavy atom. The summed E-state index contributed by atoms with van der Waals surface area (Å²) in [5.41, 5.74) is 0.173. The Balaban J connectivity index is 2.67. The molecule has 0 amide bonds. The van der Waals surface area contributed by atoms with E-state index in [1.807, 2.05) is 0 Å². The average Bonchev–Trinajstić information content (AvgIpc) is 2.57. The van der Waals surface area contributed by atoms with Crippen molar-refractivity contribution in [1.82, 2.24) is 0 Å². The van der Waals surface area contributed by atoms with Gasteiger partial charge in [-0.1, -0.05) is 0 Å². The molecule has 1 aliphatic rings. The van der Waals surface area contributed by atoms with Gasteiger partial charge in [-0.2, -0.15) is 0 Å². The van der Waals surface area contributed by atoms with Crippen LogP contribution in [0.3, 0.4) is 0 Å². The van der Waals surface area contributed by atoms with Gasteiger partial charge in [-0.3, -0.25) is 0 Å². The summed E-state index contributed by atoms with van der Waals surface area (Å²) in [7, 11) is 1.27. The maximum Gasteiger partial charge on any atom is 0.339 e. The van der Waals surface area contributed by atoms with Gasteiger partial charge in [0, 0.05) is 0 Å². The molecule has 0 bridgehead atoms. The largest absolute Gasteiger partial charge is 0.504 e. The topological polar surface area (TPSA) is 96.2 Å². The molecule has 2 rings (SSSR count). The molecular weight excluding hydrogens is 228 g/mol. The van der Waals surface area contributed by atoms with Gasteiger partial charge in [0.2, 0.25) is 5.75 Å². The fraction of sp³-hybridized carbons (Fsp3) is 0.364. The first-order valence-corrected chi connectivity index (χ1v) is 4.99. The van der Waals surface area contributed by atoms with E-state index in [0.29, 0.717) is 0 Å². The van der Waals surface area contributed by atoms with Crippen LogP contribution < -0.4 is 4.74 Å². The number of aromatic hydroxyl groups is 2. The summed E-state index contributed by atoms with van der Waals surface area (Å²) in [5, 5.41) is 28.9. The number of phenols is 2. The highest BCUT2D eigenvalue weighted by molar-refractivity contribution is 5.96. The second kappa shape index (κ2) is 3.81. The maximum atomic E-state index is 11.5. The highest BCUT2D eigenvalue weighted by atomic mass is 16.6. The lowest BCUT2D eigenvalue weighted by Gasteiger charge is -2.16. The molecule has 0 saturated heterocycles. The second-order valence-electron chi connectivity index (χ2n) is 3.81. The van der Waals surface area contributed by atoms with Crippen LogP contribution >= 0.6 is 0 Å². The Morgan fingerprint density at radius 1 is 1.47 bits per heavy atom. The molecule has 1 aliphatic heterocycles. The maximum absolute atomic E-state index is 11.5. The number of carbonyl (C=O) groups excluding carboxylic acids is 1. The lowest BCUT2D eigenvalue weighted by Crippen LogP contribution is -2.14. The molecule has 2 atom stereocenters. The highest BCUT2D eigenvalue weighted by Gasteiger charge is 2.39. The zero-order valence-corrected chi connectivity index (χ0v) is 9.30. The molecule has 0 saturated carbocycles. The Hall–Kier alpha value is -1.95. The number of phenolic OH excluding ortho intramolecular Hbond substituents is 2. The van der Waals surface area contributed by atoms with Gasteiger partial charge in [0.25, 0.3) is 0 Å². The van der Waals surface area contributed by atoms with E-state index in [2.05, 4.69) is 0 Å². The number of ether oxygens (including phenoxy) is 2. The van der Waals surface area contributed by atoms with Gasteiger partial charge in [-0.15, -0.1) is 0 Å². The van der Waals surface area contributed by atoms with Gasteiger partial charge in [-0.25, -0.2) is 4.79 Å². The quantitative estimate of drug-likeness (QED) is 0.658. The van der Waals surface area contributed by atoms with Gasteiger partial charge in [0.05, 0.1) is 24.3 Å². The van der Waals surface area contributed by atoms with E-state index in [4.69, 9.17) is 9.47 Å². The standard InChI is InChI=1S/C11H12O6/c1-4(12)9-7-5(11(15)17-9)3-6(13)10(16-2)8(7)14/h3-4,9,12-14H,1-2H3/t4-,9+/m1/s1. The first-order valence-electron chi connectivity index (χ1n) is 4.99. The molecule has 1 aromatic rings. The SMILES string of the molecule is COc1c(O)cc2c(c1O)[C@H]([C@@H](C)O)OC2=O. The van der Waals surface area contributed by atoms with Crippen LogP contribution in [0.4, 0.5) is 0 Å². The summed E-state index contributed by atoms with van der Waals surface area (Å²) in [5.74, 6) is -1.59. The van der Waals surface area contributed by atoms with Crippen LogP contribution in [0.5, 0.6) is 17.2 Å². The molecule has 0 radical (unpaired) electrons. The number of carbonyl (C=O) groups is 1. The molecule has 0 fully saturated rings. The Bertz CT molecular complexity index is 479. The van der Waals surface area contributed by atoms with Crippen LogP contribution in [0.15, 0.2) is 6.07 Å². The fourth-order valence-electron chi connectivity index (χ4n) is 1.89. The van der Waals surface area contributed by atoms with Crippen LogP contribution in [-0.2, 0) is 4.74 Å². The predicted molar refractivity (Wildman–Crippen MR) is 56.2 cm³/mol. The van der Waals surface area contributed by atoms with Gasteiger partial charge in [0.1, 0.15) is 0 Å². The van der Waals surface area contributed by atoms with E-state index in [9.17, 15) is 20.1 Å². The number of cyclic esters (lactones) is 1. The van der Waals surface area contributed by atoms with E-state index in [0.717, 1.165) is 6.07 Å². The number of benzene rings is 1. The van der Waals surface area contributed by atoms with E-state index >= 15 is 0 Å². The molecule has 1 heterocycles. The Kier molecular flexibility index (Phi) is 2.59. The number of esters is 1. The minimum atomic E-state index is -0.972. The zero-order valence-electron chi connectivity index (χ0n) is 9.30. The van der Waals surface area contributed by atoms with Crippen LogP contribution in [0.25, 0.3) is 0 Å². The number of aliphatic hydroxyl groups is 1. The van der Waals surface area contributed by atoms with Crippen molar-refractivity contribution in [3.63, 3.8) is 0 Å². The van der Waals surface area contributed by atoms with Crippen molar-refractivity contribution in [2.24, 2.45) is 0 Å². The molecule has 6 nitrogen and oxygen atoms in total. The summed E-state index contributed by atoms with van der Waals surface area (Å²) in [6, 6.07) is 1.15. The number of fused-ring (bicyclic) bond motifs is 1. The van der Waals surface area contributed by atoms with E-state index in [-0.39, 0.29) is 28.4 Å². The van der Waals surface area contributed by atoms with Crippen molar-refractivity contribution in [2.45, 2.75) is 19.1 Å². The van der Waals surface area contributed by atoms with Crippen LogP contribution in [-0.4, -0.2) is 34.5 Å². The third-order valence-corrected chi connectivity index (χ3v) is 2.65. The Labute approximate surface area is 97.0 Å². The first-order chi connectivity index (χ1) is 7.97. The van der Waals surface area contributed by atoms with Crippen molar-refractivity contribution in [2.75, 3.05) is 7.11 Å². The smallest absolute Gasteiger partial charge is 0.339 e. The molecule has 1 aromatic carbocycles. The van der Waals surface area contributed by atoms with Crippen LogP contribution in [0.2, 0.25) is 0 Å². The van der Waals surface area contributed by atoms with Gasteiger partial charge < -0.3 is 24.8 Å². The van der Waals surface area contributed by atoms with Crippen molar-refractivity contribution in [1.29, 1.82) is 0 Å². The summed E-state index contributed by atoms with van der Waals surface area (Å²) in [6.45, 7) is 1.44. The van der Waals surface area contributed by atoms with Crippen molar-refractivity contribution in [3.8, 4) is 17.2 Å². The molecular formula is C11H12O6. The predicted octanol–water partition coefficient (Wildman–Crippen LogP) is 0.699. The van der Waals surface area contributed by atoms with Crippen LogP contribution in [0.1, 0.15) is 28.9 Å². The van der Waals surface area contributed by atoms with Gasteiger partial charge in [-0.05, 0) is 13.0 Å². The molecule has 92 valence electrons. The number of methoxy groups -OCH3 is 1. The number of aliphatic hydroxyl groups excluding tert-OH is 1. The molecule has 0 unspecified atom stereocenters. The van der Waals surface area contributed by atoms with Gasteiger partial charge in [0.15, 0.2) is 17.6 Å². The average molecular weight is 240 g/mol. The zero-order chi connectivity index (χ0) is 12.7. The Morgan fingerprint density at radius 3 is 2.65 bits per heavy atom. The van der Waals surface area contributed by atoms with Crippen LogP contribution in [0, 0.1) is 0 Å². The third-order valence-electron chi connectivity index (χ3n) is 2.65. The lowest BCUT2D eigenvalue weighted by atomic mass is 9.99. The normalized spacial score (nSPS) is 19.7. The summed E-state index contributed by atoms with van der Waals surface area (Å²) >= 11 is 0. The van der Waals surface area contributed by atoms with E-state index in [1.54, 1.807) is 0 Å². The minimum absolute atomic E-state index is 0.0340. The van der Waals surface area contributed by atoms with Crippen molar-refractivity contribution < 1.29 is 29.6 Å². The highest BCUT2D eigenvalue weighted by Crippen LogP contribution is 2.48. The fourth-order valence-corrected chi connectivity index (χ4v) is 1.89. The number of hydrogen-bond donors (Lipinski definition) is 3. The number of hydrogen-bond acceptors (Lipinski definition) is 6. The van der Waals surface area contributed by atoms with E-state index < -0.39 is 18.2 Å². The third kappa shape index (κ3) is 1.57. The molecule has 0 aliphatic carbocycles. The van der Waals surface area contributed by atoms with Crippen molar-refractivity contribution >= 4 is 5.97 Å². The van der Waals surface area contributed by atoms with Crippen molar-refractivity contribution in [3.05, 3.63) is 17.2 Å². The molecule has 17 heavy (non-hydrogen) atoms. The summed E-state index contributed by atoms with van der Waals surface area (Å²) < 4.78 is 9.73. The van der Waals surface area contributed by atoms with E-state index in [1.165, 1.54) is 14.0 Å². The molecule has 0 aromatic heterocycles. The molecule has 3 N–H and O–H groups in total. The summed E-state index contributed by atoms with van der Waals surface area (Å²) in [4.78, 5) is 11.5. The molecule has 0 spiro atoms. The minimum Gasteiger partial charge on any atom is -0.504 e. The van der Waals surface area contributed by atoms with Gasteiger partial charge >= 0.3 is 5.97 Å². The second-order valence-corrected chi connectivity index (χ2v) is 3.81. The lowest BCUT2D eigenvalue weighted by molar-refractivity contribution is -0.00334. The molecule has 6 heteroatoms. The monoisotopic (exact) mass is 240 g/mol.